The van der Waals surface area contributed by atoms with Crippen molar-refractivity contribution in [2.45, 2.75) is 69.6 Å². The number of allylic oxidation sites excluding steroid dienone is 1. The molecule has 1 saturated heterocycles. The number of rotatable bonds is 8. The molecule has 5 rings (SSSR count). The Morgan fingerprint density at radius 2 is 2.06 bits per heavy atom. The molecule has 2 aliphatic carbocycles. The number of hydrogen-bond acceptors (Lipinski definition) is 7. The van der Waals surface area contributed by atoms with Crippen LogP contribution in [0, 0.1) is 11.8 Å². The van der Waals surface area contributed by atoms with Gasteiger partial charge in [-0.05, 0) is 62.4 Å². The molecular formula is C27H34N2O7. The highest BCUT2D eigenvalue weighted by Crippen LogP contribution is 2.63. The van der Waals surface area contributed by atoms with Crippen molar-refractivity contribution in [3.63, 3.8) is 0 Å². The normalized spacial score (nSPS) is 28.5. The van der Waals surface area contributed by atoms with Crippen molar-refractivity contribution < 1.29 is 33.7 Å². The molecule has 9 heteroatoms. The van der Waals surface area contributed by atoms with Crippen LogP contribution in [-0.2, 0) is 31.0 Å². The molecule has 5 atom stereocenters. The third-order valence-electron chi connectivity index (χ3n) is 8.46. The second-order valence-electron chi connectivity index (χ2n) is 10.7. The number of aliphatic carboxylic acids is 1. The van der Waals surface area contributed by atoms with E-state index in [9.17, 15) is 19.5 Å². The Kier molecular flexibility index (Phi) is 6.22. The van der Waals surface area contributed by atoms with Gasteiger partial charge in [-0.1, -0.05) is 19.9 Å². The van der Waals surface area contributed by atoms with Gasteiger partial charge < -0.3 is 29.5 Å². The van der Waals surface area contributed by atoms with E-state index in [1.807, 2.05) is 12.1 Å². The number of likely N-dealkylation sites (N-methyl/N-ethyl adjacent to an activating group) is 1. The molecule has 36 heavy (non-hydrogen) atoms. The lowest BCUT2D eigenvalue weighted by Gasteiger charge is -2.56. The zero-order valence-electron chi connectivity index (χ0n) is 21.2. The highest BCUT2D eigenvalue weighted by Gasteiger charge is 2.64. The van der Waals surface area contributed by atoms with Crippen molar-refractivity contribution in [3.8, 4) is 11.5 Å². The number of amides is 1. The van der Waals surface area contributed by atoms with Crippen molar-refractivity contribution in [1.82, 2.24) is 10.2 Å². The summed E-state index contributed by atoms with van der Waals surface area (Å²) in [6.45, 7) is 4.36. The molecule has 1 aromatic carbocycles. The van der Waals surface area contributed by atoms with Crippen LogP contribution in [0.25, 0.3) is 0 Å². The van der Waals surface area contributed by atoms with Gasteiger partial charge in [0.25, 0.3) is 0 Å². The number of esters is 1. The maximum Gasteiger partial charge on any atom is 0.326 e. The Balaban J connectivity index is 1.34. The first-order chi connectivity index (χ1) is 17.2. The van der Waals surface area contributed by atoms with Crippen LogP contribution in [0.2, 0.25) is 0 Å². The van der Waals surface area contributed by atoms with E-state index in [2.05, 4.69) is 23.3 Å². The summed E-state index contributed by atoms with van der Waals surface area (Å²) in [7, 11) is 3.81. The number of ether oxygens (including phenoxy) is 3. The van der Waals surface area contributed by atoms with Crippen LogP contribution in [0.4, 0.5) is 0 Å². The molecule has 0 saturated carbocycles. The zero-order valence-corrected chi connectivity index (χ0v) is 21.2. The van der Waals surface area contributed by atoms with Crippen LogP contribution in [0.15, 0.2) is 24.0 Å². The Morgan fingerprint density at radius 1 is 1.28 bits per heavy atom. The summed E-state index contributed by atoms with van der Waals surface area (Å²) in [5, 5.41) is 11.8. The SMILES string of the molecule is COc1ccc2c3c1OC1C(OC(=O)CCC(=O)NC(C(=O)O)C(C)C)=CCC4C(C2)N(C)CCC314. The summed E-state index contributed by atoms with van der Waals surface area (Å²) < 4.78 is 18.0. The predicted octanol–water partition coefficient (Wildman–Crippen LogP) is 2.41. The number of hydrogen-bond donors (Lipinski definition) is 2. The number of piperidine rings is 1. The number of methoxy groups -OCH3 is 1. The highest BCUT2D eigenvalue weighted by atomic mass is 16.6. The van der Waals surface area contributed by atoms with E-state index in [-0.39, 0.29) is 24.2 Å². The molecular weight excluding hydrogens is 464 g/mol. The van der Waals surface area contributed by atoms with E-state index < -0.39 is 30.0 Å². The Bertz CT molecular complexity index is 1130. The van der Waals surface area contributed by atoms with Crippen molar-refractivity contribution in [1.29, 1.82) is 0 Å². The van der Waals surface area contributed by atoms with Crippen molar-refractivity contribution in [2.75, 3.05) is 20.7 Å². The summed E-state index contributed by atoms with van der Waals surface area (Å²) in [5.41, 5.74) is 2.20. The predicted molar refractivity (Wildman–Crippen MR) is 130 cm³/mol. The maximum atomic E-state index is 12.8. The minimum absolute atomic E-state index is 0.146. The number of nitrogens with one attached hydrogen (secondary N) is 1. The summed E-state index contributed by atoms with van der Waals surface area (Å²) in [6, 6.07) is 3.48. The Labute approximate surface area is 210 Å². The Morgan fingerprint density at radius 3 is 2.75 bits per heavy atom. The third kappa shape index (κ3) is 3.75. The van der Waals surface area contributed by atoms with Gasteiger partial charge in [-0.3, -0.25) is 9.59 Å². The van der Waals surface area contributed by atoms with Crippen molar-refractivity contribution >= 4 is 17.8 Å². The first-order valence-electron chi connectivity index (χ1n) is 12.7. The lowest BCUT2D eigenvalue weighted by molar-refractivity contribution is -0.145. The molecule has 2 aliphatic heterocycles. The second-order valence-corrected chi connectivity index (χ2v) is 10.7. The van der Waals surface area contributed by atoms with Crippen LogP contribution in [0.3, 0.4) is 0 Å². The van der Waals surface area contributed by atoms with Crippen LogP contribution in [0.5, 0.6) is 11.5 Å². The van der Waals surface area contributed by atoms with Gasteiger partial charge in [-0.15, -0.1) is 0 Å². The first kappa shape index (κ1) is 24.6. The number of carbonyl (C=O) groups is 3. The van der Waals surface area contributed by atoms with Crippen LogP contribution in [-0.4, -0.2) is 66.7 Å². The smallest absolute Gasteiger partial charge is 0.326 e. The van der Waals surface area contributed by atoms with E-state index in [0.29, 0.717) is 23.5 Å². The maximum absolute atomic E-state index is 12.8. The standard InChI is InChI=1S/C27H34N2O7/c1-14(2)23(26(32)33)28-20(30)9-10-21(31)35-19-8-6-16-17-13-15-5-7-18(34-4)24-22(15)27(16,25(19)36-24)11-12-29(17)3/h5,7-8,14,16-17,23,25H,6,9-13H2,1-4H3,(H,28,30)(H,32,33). The molecule has 1 spiro atoms. The molecule has 0 aromatic heterocycles. The lowest BCUT2D eigenvalue weighted by atomic mass is 9.53. The quantitative estimate of drug-likeness (QED) is 0.526. The number of carboxylic acid groups (broad SMARTS) is 1. The molecule has 1 amide bonds. The number of benzene rings is 1. The number of carbonyl (C=O) groups excluding carboxylic acids is 2. The molecule has 1 fully saturated rings. The zero-order chi connectivity index (χ0) is 25.8. The van der Waals surface area contributed by atoms with E-state index in [0.717, 1.165) is 31.6 Å². The van der Waals surface area contributed by atoms with Gasteiger partial charge in [0.15, 0.2) is 17.6 Å². The van der Waals surface area contributed by atoms with Gasteiger partial charge in [-0.25, -0.2) is 4.79 Å². The van der Waals surface area contributed by atoms with Gasteiger partial charge in [0.1, 0.15) is 11.8 Å². The molecule has 0 radical (unpaired) electrons. The van der Waals surface area contributed by atoms with Crippen LogP contribution >= 0.6 is 0 Å². The summed E-state index contributed by atoms with van der Waals surface area (Å²) in [5.74, 6) is -0.105. The largest absolute Gasteiger partial charge is 0.493 e. The summed E-state index contributed by atoms with van der Waals surface area (Å²) >= 11 is 0. The molecule has 9 nitrogen and oxygen atoms in total. The molecule has 194 valence electrons. The molecule has 2 heterocycles. The fourth-order valence-electron chi connectivity index (χ4n) is 6.72. The van der Waals surface area contributed by atoms with Crippen LogP contribution in [0.1, 0.15) is 50.7 Å². The molecule has 5 unspecified atom stereocenters. The molecule has 2 N–H and O–H groups in total. The third-order valence-corrected chi connectivity index (χ3v) is 8.46. The Hall–Kier alpha value is -3.07. The van der Waals surface area contributed by atoms with Crippen LogP contribution < -0.4 is 14.8 Å². The molecule has 4 aliphatic rings. The minimum Gasteiger partial charge on any atom is -0.493 e. The van der Waals surface area contributed by atoms with Gasteiger partial charge in [0.05, 0.1) is 13.5 Å². The van der Waals surface area contributed by atoms with E-state index >= 15 is 0 Å². The van der Waals surface area contributed by atoms with E-state index in [4.69, 9.17) is 14.2 Å². The fraction of sp³-hybridized carbons (Fsp3) is 0.593. The number of nitrogens with zero attached hydrogens (tertiary/aromatic N) is 1. The average molecular weight is 499 g/mol. The van der Waals surface area contributed by atoms with E-state index in [1.54, 1.807) is 21.0 Å². The van der Waals surface area contributed by atoms with Crippen molar-refractivity contribution in [3.05, 3.63) is 35.1 Å². The average Bonchev–Trinajstić information content (AvgIpc) is 3.19. The number of likely N-dealkylation sites (tertiary alicyclic amines) is 1. The summed E-state index contributed by atoms with van der Waals surface area (Å²) in [4.78, 5) is 38.9. The van der Waals surface area contributed by atoms with Crippen molar-refractivity contribution in [2.24, 2.45) is 11.8 Å². The van der Waals surface area contributed by atoms with Gasteiger partial charge in [0, 0.05) is 23.4 Å². The topological polar surface area (TPSA) is 114 Å². The second kappa shape index (κ2) is 9.10. The van der Waals surface area contributed by atoms with E-state index in [1.165, 1.54) is 11.1 Å². The summed E-state index contributed by atoms with van der Waals surface area (Å²) in [6.07, 6.45) is 3.88. The lowest BCUT2D eigenvalue weighted by Crippen LogP contribution is -2.63. The van der Waals surface area contributed by atoms with Gasteiger partial charge in [-0.2, -0.15) is 0 Å². The molecule has 2 bridgehead atoms. The minimum atomic E-state index is -1.10. The number of carboxylic acids is 1. The fourth-order valence-corrected chi connectivity index (χ4v) is 6.72. The first-order valence-corrected chi connectivity index (χ1v) is 12.7. The van der Waals surface area contributed by atoms with Gasteiger partial charge in [0.2, 0.25) is 5.91 Å². The van der Waals surface area contributed by atoms with Gasteiger partial charge >= 0.3 is 11.9 Å². The highest BCUT2D eigenvalue weighted by molar-refractivity contribution is 5.86. The monoisotopic (exact) mass is 498 g/mol. The molecule has 1 aromatic rings.